The summed E-state index contributed by atoms with van der Waals surface area (Å²) in [5, 5.41) is 10.2. The van der Waals surface area contributed by atoms with Crippen LogP contribution in [0.2, 0.25) is 0 Å². The number of rotatable bonds is 4. The minimum atomic E-state index is -0.677. The molecule has 1 atom stereocenters. The third-order valence-corrected chi connectivity index (χ3v) is 3.50. The lowest BCUT2D eigenvalue weighted by Crippen LogP contribution is -2.02. The van der Waals surface area contributed by atoms with Gasteiger partial charge in [-0.3, -0.25) is 0 Å². The van der Waals surface area contributed by atoms with Crippen molar-refractivity contribution in [3.05, 3.63) is 63.9 Å². The molecule has 0 fully saturated rings. The fourth-order valence-electron chi connectivity index (χ4n) is 1.86. The molecule has 0 amide bonds. The van der Waals surface area contributed by atoms with Crippen LogP contribution in [-0.4, -0.2) is 12.2 Å². The minimum absolute atomic E-state index is 0.336. The molecule has 2 aromatic rings. The Labute approximate surface area is 120 Å². The van der Waals surface area contributed by atoms with Crippen molar-refractivity contribution in [2.45, 2.75) is 12.5 Å². The molecule has 0 spiro atoms. The Balaban J connectivity index is 2.15. The molecular weight excluding hydrogens is 311 g/mol. The number of halogens is 2. The van der Waals surface area contributed by atoms with E-state index in [-0.39, 0.29) is 5.82 Å². The standard InChI is InChI=1S/C15H14BrFO2/c1-19-12-4-2-3-10(7-12)8-15(18)11-5-6-14(17)13(16)9-11/h2-7,9,15,18H,8H2,1H3. The number of aliphatic hydroxyl groups is 1. The van der Waals surface area contributed by atoms with Gasteiger partial charge in [0.05, 0.1) is 17.7 Å². The minimum Gasteiger partial charge on any atom is -0.497 e. The van der Waals surface area contributed by atoms with Gasteiger partial charge in [0, 0.05) is 6.42 Å². The van der Waals surface area contributed by atoms with Gasteiger partial charge in [-0.25, -0.2) is 4.39 Å². The first-order valence-electron chi connectivity index (χ1n) is 5.86. The van der Waals surface area contributed by atoms with Crippen LogP contribution in [0.5, 0.6) is 5.75 Å². The molecule has 0 aliphatic heterocycles. The smallest absolute Gasteiger partial charge is 0.137 e. The van der Waals surface area contributed by atoms with Gasteiger partial charge in [-0.2, -0.15) is 0 Å². The quantitative estimate of drug-likeness (QED) is 0.925. The molecule has 0 saturated carbocycles. The number of aliphatic hydroxyl groups excluding tert-OH is 1. The van der Waals surface area contributed by atoms with E-state index in [1.165, 1.54) is 6.07 Å². The van der Waals surface area contributed by atoms with Gasteiger partial charge in [-0.15, -0.1) is 0 Å². The molecule has 1 unspecified atom stereocenters. The van der Waals surface area contributed by atoms with E-state index in [4.69, 9.17) is 4.74 Å². The van der Waals surface area contributed by atoms with Crippen LogP contribution in [0.3, 0.4) is 0 Å². The maximum atomic E-state index is 13.1. The van der Waals surface area contributed by atoms with E-state index in [1.54, 1.807) is 19.2 Å². The molecule has 0 radical (unpaired) electrons. The number of hydrogen-bond donors (Lipinski definition) is 1. The van der Waals surface area contributed by atoms with Crippen LogP contribution >= 0.6 is 15.9 Å². The summed E-state index contributed by atoms with van der Waals surface area (Å²) in [5.74, 6) is 0.419. The SMILES string of the molecule is COc1cccc(CC(O)c2ccc(F)c(Br)c2)c1. The zero-order valence-electron chi connectivity index (χ0n) is 10.4. The average Bonchev–Trinajstić information content (AvgIpc) is 2.42. The highest BCUT2D eigenvalue weighted by Gasteiger charge is 2.11. The van der Waals surface area contributed by atoms with Crippen LogP contribution in [0, 0.1) is 5.82 Å². The second-order valence-corrected chi connectivity index (χ2v) is 5.10. The predicted molar refractivity (Wildman–Crippen MR) is 75.8 cm³/mol. The van der Waals surface area contributed by atoms with Crippen LogP contribution in [-0.2, 0) is 6.42 Å². The fourth-order valence-corrected chi connectivity index (χ4v) is 2.26. The molecule has 2 aromatic carbocycles. The first-order valence-corrected chi connectivity index (χ1v) is 6.65. The lowest BCUT2D eigenvalue weighted by molar-refractivity contribution is 0.178. The Morgan fingerprint density at radius 1 is 1.26 bits per heavy atom. The second-order valence-electron chi connectivity index (χ2n) is 4.24. The van der Waals surface area contributed by atoms with Gasteiger partial charge in [0.1, 0.15) is 11.6 Å². The molecule has 0 heterocycles. The molecular formula is C15H14BrFO2. The topological polar surface area (TPSA) is 29.5 Å². The van der Waals surface area contributed by atoms with Crippen molar-refractivity contribution < 1.29 is 14.2 Å². The van der Waals surface area contributed by atoms with Crippen LogP contribution in [0.15, 0.2) is 46.9 Å². The Hall–Kier alpha value is -1.39. The largest absolute Gasteiger partial charge is 0.497 e. The Bertz CT molecular complexity index is 572. The van der Waals surface area contributed by atoms with Gasteiger partial charge in [-0.05, 0) is 51.3 Å². The number of ether oxygens (including phenoxy) is 1. The zero-order valence-corrected chi connectivity index (χ0v) is 12.0. The molecule has 0 aliphatic rings. The monoisotopic (exact) mass is 324 g/mol. The van der Waals surface area contributed by atoms with E-state index in [0.717, 1.165) is 11.3 Å². The fraction of sp³-hybridized carbons (Fsp3) is 0.200. The lowest BCUT2D eigenvalue weighted by atomic mass is 10.0. The van der Waals surface area contributed by atoms with Crippen LogP contribution in [0.1, 0.15) is 17.2 Å². The third-order valence-electron chi connectivity index (χ3n) is 2.89. The second kappa shape index (κ2) is 6.17. The van der Waals surface area contributed by atoms with Crippen molar-refractivity contribution in [2.75, 3.05) is 7.11 Å². The van der Waals surface area contributed by atoms with Gasteiger partial charge >= 0.3 is 0 Å². The van der Waals surface area contributed by atoms with E-state index in [1.807, 2.05) is 24.3 Å². The third kappa shape index (κ3) is 3.55. The lowest BCUT2D eigenvalue weighted by Gasteiger charge is -2.12. The van der Waals surface area contributed by atoms with Crippen molar-refractivity contribution in [3.63, 3.8) is 0 Å². The number of hydrogen-bond acceptors (Lipinski definition) is 2. The molecule has 0 aliphatic carbocycles. The van der Waals surface area contributed by atoms with Gasteiger partial charge < -0.3 is 9.84 Å². The maximum absolute atomic E-state index is 13.1. The van der Waals surface area contributed by atoms with Gasteiger partial charge in [0.2, 0.25) is 0 Å². The molecule has 4 heteroatoms. The molecule has 1 N–H and O–H groups in total. The average molecular weight is 325 g/mol. The van der Waals surface area contributed by atoms with E-state index >= 15 is 0 Å². The zero-order chi connectivity index (χ0) is 13.8. The first-order chi connectivity index (χ1) is 9.10. The van der Waals surface area contributed by atoms with Crippen molar-refractivity contribution >= 4 is 15.9 Å². The van der Waals surface area contributed by atoms with Crippen LogP contribution < -0.4 is 4.74 Å². The summed E-state index contributed by atoms with van der Waals surface area (Å²) in [7, 11) is 1.60. The summed E-state index contributed by atoms with van der Waals surface area (Å²) in [6, 6.07) is 12.1. The van der Waals surface area contributed by atoms with Gasteiger partial charge in [0.15, 0.2) is 0 Å². The number of methoxy groups -OCH3 is 1. The van der Waals surface area contributed by atoms with Gasteiger partial charge in [-0.1, -0.05) is 18.2 Å². The first kappa shape index (κ1) is 14.0. The Kier molecular flexibility index (Phi) is 4.56. The molecule has 0 saturated heterocycles. The summed E-state index contributed by atoms with van der Waals surface area (Å²) in [5.41, 5.74) is 1.64. The molecule has 100 valence electrons. The molecule has 0 aromatic heterocycles. The predicted octanol–water partition coefficient (Wildman–Crippen LogP) is 3.87. The van der Waals surface area contributed by atoms with Crippen LogP contribution in [0.4, 0.5) is 4.39 Å². The van der Waals surface area contributed by atoms with Crippen molar-refractivity contribution in [1.29, 1.82) is 0 Å². The summed E-state index contributed by atoms with van der Waals surface area (Å²) in [4.78, 5) is 0. The van der Waals surface area contributed by atoms with Gasteiger partial charge in [0.25, 0.3) is 0 Å². The molecule has 2 nitrogen and oxygen atoms in total. The highest BCUT2D eigenvalue weighted by atomic mass is 79.9. The molecule has 0 bridgehead atoms. The summed E-state index contributed by atoms with van der Waals surface area (Å²) in [6.07, 6.45) is -0.223. The maximum Gasteiger partial charge on any atom is 0.137 e. The Morgan fingerprint density at radius 3 is 2.74 bits per heavy atom. The molecule has 2 rings (SSSR count). The van der Waals surface area contributed by atoms with Crippen LogP contribution in [0.25, 0.3) is 0 Å². The van der Waals surface area contributed by atoms with E-state index in [2.05, 4.69) is 15.9 Å². The highest BCUT2D eigenvalue weighted by Crippen LogP contribution is 2.24. The summed E-state index contributed by atoms with van der Waals surface area (Å²) in [6.45, 7) is 0. The number of benzene rings is 2. The van der Waals surface area contributed by atoms with Crippen molar-refractivity contribution in [1.82, 2.24) is 0 Å². The van der Waals surface area contributed by atoms with E-state index in [9.17, 15) is 9.50 Å². The van der Waals surface area contributed by atoms with Crippen molar-refractivity contribution in [2.24, 2.45) is 0 Å². The normalized spacial score (nSPS) is 12.2. The Morgan fingerprint density at radius 2 is 2.05 bits per heavy atom. The highest BCUT2D eigenvalue weighted by molar-refractivity contribution is 9.10. The van der Waals surface area contributed by atoms with E-state index < -0.39 is 6.10 Å². The molecule has 19 heavy (non-hydrogen) atoms. The van der Waals surface area contributed by atoms with E-state index in [0.29, 0.717) is 16.5 Å². The van der Waals surface area contributed by atoms with Crippen molar-refractivity contribution in [3.8, 4) is 5.75 Å². The summed E-state index contributed by atoms with van der Waals surface area (Å²) < 4.78 is 18.6. The summed E-state index contributed by atoms with van der Waals surface area (Å²) >= 11 is 3.12.